The van der Waals surface area contributed by atoms with E-state index in [2.05, 4.69) is 10.3 Å². The van der Waals surface area contributed by atoms with Crippen LogP contribution >= 0.6 is 23.2 Å². The number of esters is 1. The van der Waals surface area contributed by atoms with Gasteiger partial charge in [0.15, 0.2) is 5.71 Å². The molecule has 2 rings (SSSR count). The molecule has 0 spiro atoms. The van der Waals surface area contributed by atoms with Crippen LogP contribution in [0, 0.1) is 0 Å². The van der Waals surface area contributed by atoms with Crippen molar-refractivity contribution in [3.8, 4) is 0 Å². The van der Waals surface area contributed by atoms with Crippen LogP contribution in [0.5, 0.6) is 0 Å². The molecule has 0 fully saturated rings. The molecule has 0 heterocycles. The van der Waals surface area contributed by atoms with E-state index >= 15 is 0 Å². The predicted molar refractivity (Wildman–Crippen MR) is 112 cm³/mol. The summed E-state index contributed by atoms with van der Waals surface area (Å²) in [6.45, 7) is 0.157. The maximum Gasteiger partial charge on any atom is 0.360 e. The van der Waals surface area contributed by atoms with Gasteiger partial charge in [-0.15, -0.1) is 0 Å². The Morgan fingerprint density at radius 3 is 2.28 bits per heavy atom. The highest BCUT2D eigenvalue weighted by Gasteiger charge is 2.21. The second kappa shape index (κ2) is 11.4. The smallest absolute Gasteiger partial charge is 0.360 e. The minimum absolute atomic E-state index is 0.0353. The maximum absolute atomic E-state index is 12.1. The number of nitrogens with zero attached hydrogens (tertiary/aromatic N) is 2. The van der Waals surface area contributed by atoms with Gasteiger partial charge in [-0.2, -0.15) is 0 Å². The van der Waals surface area contributed by atoms with Crippen molar-refractivity contribution in [3.63, 3.8) is 0 Å². The van der Waals surface area contributed by atoms with Crippen LogP contribution in [0.1, 0.15) is 16.7 Å². The van der Waals surface area contributed by atoms with E-state index in [0.717, 1.165) is 0 Å². The van der Waals surface area contributed by atoms with E-state index in [1.807, 2.05) is 18.2 Å². The Bertz CT molecular complexity index is 915. The number of methoxy groups -OCH3 is 2. The lowest BCUT2D eigenvalue weighted by Crippen LogP contribution is -2.19. The van der Waals surface area contributed by atoms with Crippen LogP contribution in [0.3, 0.4) is 0 Å². The lowest BCUT2D eigenvalue weighted by molar-refractivity contribution is -0.132. The summed E-state index contributed by atoms with van der Waals surface area (Å²) >= 11 is 12.6. The SMILES string of the molecule is COC/C(=N\OCc1c(Cl)cccc1/C(=N\OC)C(=O)OC)c1ccccc1Cl. The number of rotatable bonds is 9. The quantitative estimate of drug-likeness (QED) is 0.334. The zero-order chi connectivity index (χ0) is 21.2. The molecule has 0 aliphatic rings. The molecule has 29 heavy (non-hydrogen) atoms. The summed E-state index contributed by atoms with van der Waals surface area (Å²) in [7, 11) is 4.12. The molecule has 0 saturated carbocycles. The minimum Gasteiger partial charge on any atom is -0.464 e. The van der Waals surface area contributed by atoms with E-state index in [9.17, 15) is 4.79 Å². The van der Waals surface area contributed by atoms with Gasteiger partial charge in [-0.3, -0.25) is 0 Å². The van der Waals surface area contributed by atoms with Crippen molar-refractivity contribution < 1.29 is 23.9 Å². The molecular formula is C20H20Cl2N2O5. The van der Waals surface area contributed by atoms with Crippen LogP contribution in [0.4, 0.5) is 0 Å². The molecule has 0 radical (unpaired) electrons. The zero-order valence-corrected chi connectivity index (χ0v) is 17.7. The summed E-state index contributed by atoms with van der Waals surface area (Å²) in [5.41, 5.74) is 2.06. The Balaban J connectivity index is 2.34. The average Bonchev–Trinajstić information content (AvgIpc) is 2.72. The van der Waals surface area contributed by atoms with Gasteiger partial charge in [0, 0.05) is 33.8 Å². The van der Waals surface area contributed by atoms with E-state index in [0.29, 0.717) is 32.4 Å². The van der Waals surface area contributed by atoms with E-state index in [4.69, 9.17) is 42.4 Å². The average molecular weight is 439 g/mol. The van der Waals surface area contributed by atoms with Crippen LogP contribution in [-0.2, 0) is 30.6 Å². The third-order valence-electron chi connectivity index (χ3n) is 3.78. The first-order chi connectivity index (χ1) is 14.0. The molecular weight excluding hydrogens is 419 g/mol. The van der Waals surface area contributed by atoms with Gasteiger partial charge < -0.3 is 19.1 Å². The van der Waals surface area contributed by atoms with Gasteiger partial charge in [-0.1, -0.05) is 63.8 Å². The molecule has 0 atom stereocenters. The van der Waals surface area contributed by atoms with Gasteiger partial charge in [0.05, 0.1) is 13.7 Å². The van der Waals surface area contributed by atoms with Crippen LogP contribution in [0.25, 0.3) is 0 Å². The normalized spacial score (nSPS) is 11.9. The zero-order valence-electron chi connectivity index (χ0n) is 16.1. The minimum atomic E-state index is -0.671. The van der Waals surface area contributed by atoms with E-state index < -0.39 is 5.97 Å². The van der Waals surface area contributed by atoms with Crippen LogP contribution in [0.15, 0.2) is 52.8 Å². The largest absolute Gasteiger partial charge is 0.464 e. The summed E-state index contributed by atoms with van der Waals surface area (Å²) < 4.78 is 9.95. The summed E-state index contributed by atoms with van der Waals surface area (Å²) in [6.07, 6.45) is 0. The highest BCUT2D eigenvalue weighted by atomic mass is 35.5. The molecule has 7 nitrogen and oxygen atoms in total. The summed E-state index contributed by atoms with van der Waals surface area (Å²) in [5, 5.41) is 8.80. The first-order valence-corrected chi connectivity index (χ1v) is 9.19. The highest BCUT2D eigenvalue weighted by Crippen LogP contribution is 2.23. The number of ether oxygens (including phenoxy) is 2. The molecule has 0 unspecified atom stereocenters. The van der Waals surface area contributed by atoms with Crippen molar-refractivity contribution in [2.45, 2.75) is 6.61 Å². The Kier molecular flexibility index (Phi) is 8.92. The number of benzene rings is 2. The van der Waals surface area contributed by atoms with Gasteiger partial charge in [0.25, 0.3) is 0 Å². The first kappa shape index (κ1) is 22.7. The summed E-state index contributed by atoms with van der Waals surface area (Å²) in [6, 6.07) is 12.2. The lowest BCUT2D eigenvalue weighted by Gasteiger charge is -2.12. The molecule has 154 valence electrons. The van der Waals surface area contributed by atoms with Crippen molar-refractivity contribution in [2.24, 2.45) is 10.3 Å². The van der Waals surface area contributed by atoms with Crippen molar-refractivity contribution in [3.05, 3.63) is 69.2 Å². The molecule has 2 aromatic rings. The molecule has 0 aromatic heterocycles. The van der Waals surface area contributed by atoms with Gasteiger partial charge in [-0.05, 0) is 12.1 Å². The Hall–Kier alpha value is -2.61. The fraction of sp³-hybridized carbons (Fsp3) is 0.250. The number of hydrogen-bond acceptors (Lipinski definition) is 7. The van der Waals surface area contributed by atoms with E-state index in [-0.39, 0.29) is 18.9 Å². The Morgan fingerprint density at radius 1 is 0.931 bits per heavy atom. The first-order valence-electron chi connectivity index (χ1n) is 8.43. The molecule has 2 aromatic carbocycles. The monoisotopic (exact) mass is 438 g/mol. The number of oxime groups is 2. The van der Waals surface area contributed by atoms with Crippen molar-refractivity contribution in [1.82, 2.24) is 0 Å². The number of carbonyl (C=O) groups excluding carboxylic acids is 1. The second-order valence-electron chi connectivity index (χ2n) is 5.60. The summed E-state index contributed by atoms with van der Waals surface area (Å²) in [5.74, 6) is -0.671. The molecule has 0 N–H and O–H groups in total. The standard InChI is InChI=1S/C20H20Cl2N2O5/c1-26-12-18(14-7-4-5-9-16(14)21)23-29-11-15-13(8-6-10-17(15)22)19(24-28-3)20(25)27-2/h4-10H,11-12H2,1-3H3/b23-18+,24-19+. The molecule has 0 bridgehead atoms. The van der Waals surface area contributed by atoms with Crippen LogP contribution < -0.4 is 0 Å². The third kappa shape index (κ3) is 5.93. The van der Waals surface area contributed by atoms with Crippen molar-refractivity contribution in [1.29, 1.82) is 0 Å². The van der Waals surface area contributed by atoms with Gasteiger partial charge in [-0.25, -0.2) is 4.79 Å². The molecule has 0 saturated heterocycles. The van der Waals surface area contributed by atoms with Crippen LogP contribution in [-0.4, -0.2) is 45.3 Å². The molecule has 0 aliphatic heterocycles. The fourth-order valence-electron chi connectivity index (χ4n) is 2.47. The Morgan fingerprint density at radius 2 is 1.62 bits per heavy atom. The summed E-state index contributed by atoms with van der Waals surface area (Å²) in [4.78, 5) is 22.4. The van der Waals surface area contributed by atoms with Gasteiger partial charge in [0.2, 0.25) is 0 Å². The van der Waals surface area contributed by atoms with Gasteiger partial charge >= 0.3 is 5.97 Å². The van der Waals surface area contributed by atoms with Gasteiger partial charge in [0.1, 0.15) is 19.4 Å². The topological polar surface area (TPSA) is 78.7 Å². The lowest BCUT2D eigenvalue weighted by atomic mass is 10.0. The third-order valence-corrected chi connectivity index (χ3v) is 4.47. The molecule has 9 heteroatoms. The van der Waals surface area contributed by atoms with Crippen LogP contribution in [0.2, 0.25) is 10.0 Å². The van der Waals surface area contributed by atoms with E-state index in [1.54, 1.807) is 31.4 Å². The number of carbonyl (C=O) groups is 1. The molecule has 0 amide bonds. The Labute approximate surface area is 178 Å². The maximum atomic E-state index is 12.1. The fourth-order valence-corrected chi connectivity index (χ4v) is 2.95. The van der Waals surface area contributed by atoms with E-state index in [1.165, 1.54) is 14.2 Å². The predicted octanol–water partition coefficient (Wildman–Crippen LogP) is 4.08. The highest BCUT2D eigenvalue weighted by molar-refractivity contribution is 6.44. The molecule has 0 aliphatic carbocycles. The number of halogens is 2. The van der Waals surface area contributed by atoms with Crippen molar-refractivity contribution in [2.75, 3.05) is 27.9 Å². The second-order valence-corrected chi connectivity index (χ2v) is 6.42. The number of hydrogen-bond donors (Lipinski definition) is 0. The van der Waals surface area contributed by atoms with Crippen molar-refractivity contribution >= 4 is 40.6 Å².